The summed E-state index contributed by atoms with van der Waals surface area (Å²) in [6.45, 7) is 0.729. The van der Waals surface area contributed by atoms with Crippen LogP contribution in [0.5, 0.6) is 5.75 Å². The molecule has 2 heteroatoms. The molecule has 0 bridgehead atoms. The summed E-state index contributed by atoms with van der Waals surface area (Å²) in [6, 6.07) is 14.6. The zero-order valence-corrected chi connectivity index (χ0v) is 9.10. The van der Waals surface area contributed by atoms with Gasteiger partial charge in [-0.25, -0.2) is 0 Å². The standard InChI is InChI=1S/C14H14NO/c1-2-8-14(9-3-1)16-11-5-7-13-6-4-10-15-12-13/h1-2,4,6,8-10,12H,5,7,11H2. The van der Waals surface area contributed by atoms with Gasteiger partial charge in [-0.2, -0.15) is 0 Å². The second-order valence-electron chi connectivity index (χ2n) is 3.55. The average molecular weight is 212 g/mol. The zero-order chi connectivity index (χ0) is 11.1. The molecule has 0 fully saturated rings. The fourth-order valence-electron chi connectivity index (χ4n) is 1.48. The number of ether oxygens (including phenoxy) is 1. The summed E-state index contributed by atoms with van der Waals surface area (Å²) in [7, 11) is 0. The molecule has 0 N–H and O–H groups in total. The van der Waals surface area contributed by atoms with Crippen LogP contribution in [-0.4, -0.2) is 11.6 Å². The number of benzene rings is 1. The highest BCUT2D eigenvalue weighted by atomic mass is 16.5. The van der Waals surface area contributed by atoms with Crippen LogP contribution >= 0.6 is 0 Å². The van der Waals surface area contributed by atoms with E-state index in [1.807, 2.05) is 36.5 Å². The maximum absolute atomic E-state index is 5.58. The summed E-state index contributed by atoms with van der Waals surface area (Å²) in [6.07, 6.45) is 5.70. The van der Waals surface area contributed by atoms with Gasteiger partial charge >= 0.3 is 0 Å². The van der Waals surface area contributed by atoms with Crippen LogP contribution in [0.2, 0.25) is 0 Å². The first-order valence-corrected chi connectivity index (χ1v) is 5.43. The Kier molecular flexibility index (Phi) is 3.94. The van der Waals surface area contributed by atoms with Crippen molar-refractivity contribution in [2.45, 2.75) is 12.8 Å². The van der Waals surface area contributed by atoms with E-state index in [0.717, 1.165) is 25.2 Å². The van der Waals surface area contributed by atoms with Gasteiger partial charge in [-0.05, 0) is 42.7 Å². The van der Waals surface area contributed by atoms with E-state index in [1.165, 1.54) is 5.56 Å². The van der Waals surface area contributed by atoms with Crippen molar-refractivity contribution in [1.82, 2.24) is 4.98 Å². The zero-order valence-electron chi connectivity index (χ0n) is 9.10. The lowest BCUT2D eigenvalue weighted by Gasteiger charge is -2.05. The third kappa shape index (κ3) is 3.39. The van der Waals surface area contributed by atoms with Gasteiger partial charge in [0.15, 0.2) is 0 Å². The predicted molar refractivity (Wildman–Crippen MR) is 63.3 cm³/mol. The Morgan fingerprint density at radius 3 is 3.00 bits per heavy atom. The Hall–Kier alpha value is -1.83. The number of hydrogen-bond donors (Lipinski definition) is 0. The summed E-state index contributed by atoms with van der Waals surface area (Å²) in [5, 5.41) is 0. The number of rotatable bonds is 5. The minimum atomic E-state index is 0.729. The van der Waals surface area contributed by atoms with Crippen LogP contribution in [0.25, 0.3) is 0 Å². The van der Waals surface area contributed by atoms with Gasteiger partial charge in [0.25, 0.3) is 0 Å². The number of aromatic nitrogens is 1. The number of pyridine rings is 1. The molecule has 0 saturated heterocycles. The lowest BCUT2D eigenvalue weighted by atomic mass is 10.2. The van der Waals surface area contributed by atoms with Crippen LogP contribution < -0.4 is 4.74 Å². The maximum Gasteiger partial charge on any atom is 0.119 e. The summed E-state index contributed by atoms with van der Waals surface area (Å²) >= 11 is 0. The third-order valence-corrected chi connectivity index (χ3v) is 2.28. The van der Waals surface area contributed by atoms with Gasteiger partial charge < -0.3 is 4.74 Å². The fraction of sp³-hybridized carbons (Fsp3) is 0.214. The van der Waals surface area contributed by atoms with Crippen LogP contribution in [-0.2, 0) is 6.42 Å². The van der Waals surface area contributed by atoms with Crippen LogP contribution in [0.1, 0.15) is 12.0 Å². The maximum atomic E-state index is 5.58. The molecule has 1 radical (unpaired) electrons. The molecule has 16 heavy (non-hydrogen) atoms. The average Bonchev–Trinajstić information content (AvgIpc) is 2.37. The van der Waals surface area contributed by atoms with E-state index >= 15 is 0 Å². The van der Waals surface area contributed by atoms with E-state index in [4.69, 9.17) is 4.74 Å². The molecular formula is C14H14NO. The second-order valence-corrected chi connectivity index (χ2v) is 3.55. The van der Waals surface area contributed by atoms with Crippen molar-refractivity contribution in [3.05, 3.63) is 60.4 Å². The van der Waals surface area contributed by atoms with E-state index < -0.39 is 0 Å². The Morgan fingerprint density at radius 2 is 2.25 bits per heavy atom. The lowest BCUT2D eigenvalue weighted by Crippen LogP contribution is -1.99. The van der Waals surface area contributed by atoms with Gasteiger partial charge in [0.2, 0.25) is 0 Å². The Balaban J connectivity index is 1.70. The second kappa shape index (κ2) is 5.91. The SMILES string of the molecule is [c]1cccc(OCCCc2cccnc2)c1. The summed E-state index contributed by atoms with van der Waals surface area (Å²) in [5.41, 5.74) is 1.26. The third-order valence-electron chi connectivity index (χ3n) is 2.28. The van der Waals surface area contributed by atoms with Crippen molar-refractivity contribution in [1.29, 1.82) is 0 Å². The van der Waals surface area contributed by atoms with Crippen molar-refractivity contribution in [3.8, 4) is 5.75 Å². The molecule has 0 atom stereocenters. The van der Waals surface area contributed by atoms with Crippen molar-refractivity contribution in [3.63, 3.8) is 0 Å². The van der Waals surface area contributed by atoms with Crippen LogP contribution in [0.15, 0.2) is 48.8 Å². The highest BCUT2D eigenvalue weighted by Gasteiger charge is 1.94. The van der Waals surface area contributed by atoms with E-state index in [0.29, 0.717) is 0 Å². The van der Waals surface area contributed by atoms with E-state index in [9.17, 15) is 0 Å². The van der Waals surface area contributed by atoms with Crippen molar-refractivity contribution in [2.24, 2.45) is 0 Å². The number of aryl methyl sites for hydroxylation is 1. The van der Waals surface area contributed by atoms with Crippen LogP contribution in [0, 0.1) is 6.07 Å². The van der Waals surface area contributed by atoms with Crippen LogP contribution in [0.4, 0.5) is 0 Å². The minimum Gasteiger partial charge on any atom is -0.494 e. The number of hydrogen-bond acceptors (Lipinski definition) is 2. The topological polar surface area (TPSA) is 22.1 Å². The quantitative estimate of drug-likeness (QED) is 0.711. The summed E-state index contributed by atoms with van der Waals surface area (Å²) in [5.74, 6) is 0.883. The summed E-state index contributed by atoms with van der Waals surface area (Å²) in [4.78, 5) is 4.08. The normalized spacial score (nSPS) is 10.0. The Morgan fingerprint density at radius 1 is 1.25 bits per heavy atom. The van der Waals surface area contributed by atoms with Gasteiger partial charge in [-0.1, -0.05) is 18.2 Å². The first kappa shape index (κ1) is 10.7. The van der Waals surface area contributed by atoms with Gasteiger partial charge in [-0.3, -0.25) is 4.98 Å². The molecule has 0 aliphatic carbocycles. The lowest BCUT2D eigenvalue weighted by molar-refractivity contribution is 0.311. The number of nitrogens with zero attached hydrogens (tertiary/aromatic N) is 1. The van der Waals surface area contributed by atoms with E-state index in [1.54, 1.807) is 6.20 Å². The molecule has 0 aliphatic heterocycles. The van der Waals surface area contributed by atoms with Gasteiger partial charge in [0, 0.05) is 12.4 Å². The predicted octanol–water partition coefficient (Wildman–Crippen LogP) is 2.89. The molecule has 2 rings (SSSR count). The molecule has 0 amide bonds. The highest BCUT2D eigenvalue weighted by molar-refractivity contribution is 5.20. The molecule has 0 unspecified atom stereocenters. The molecule has 0 spiro atoms. The Labute approximate surface area is 95.9 Å². The van der Waals surface area contributed by atoms with Gasteiger partial charge in [0.05, 0.1) is 6.61 Å². The molecule has 1 heterocycles. The Bertz CT molecular complexity index is 358. The molecular weight excluding hydrogens is 198 g/mol. The smallest absolute Gasteiger partial charge is 0.119 e. The first-order valence-electron chi connectivity index (χ1n) is 5.43. The first-order chi connectivity index (χ1) is 7.95. The van der Waals surface area contributed by atoms with Crippen molar-refractivity contribution >= 4 is 0 Å². The molecule has 2 aromatic rings. The van der Waals surface area contributed by atoms with E-state index in [-0.39, 0.29) is 0 Å². The largest absolute Gasteiger partial charge is 0.494 e. The molecule has 2 nitrogen and oxygen atoms in total. The van der Waals surface area contributed by atoms with Crippen LogP contribution in [0.3, 0.4) is 0 Å². The monoisotopic (exact) mass is 212 g/mol. The molecule has 1 aromatic carbocycles. The molecule has 0 aliphatic rings. The molecule has 1 aromatic heterocycles. The fourth-order valence-corrected chi connectivity index (χ4v) is 1.48. The van der Waals surface area contributed by atoms with Gasteiger partial charge in [0.1, 0.15) is 5.75 Å². The highest BCUT2D eigenvalue weighted by Crippen LogP contribution is 2.08. The molecule has 0 saturated carbocycles. The van der Waals surface area contributed by atoms with Gasteiger partial charge in [-0.15, -0.1) is 0 Å². The van der Waals surface area contributed by atoms with E-state index in [2.05, 4.69) is 17.1 Å². The van der Waals surface area contributed by atoms with Crippen molar-refractivity contribution < 1.29 is 4.74 Å². The summed E-state index contributed by atoms with van der Waals surface area (Å²) < 4.78 is 5.58. The minimum absolute atomic E-state index is 0.729. The van der Waals surface area contributed by atoms with Crippen molar-refractivity contribution in [2.75, 3.05) is 6.61 Å². The molecule has 81 valence electrons.